The van der Waals surface area contributed by atoms with E-state index in [1.54, 1.807) is 11.3 Å². The highest BCUT2D eigenvalue weighted by Gasteiger charge is 2.10. The molecule has 1 unspecified atom stereocenters. The Balaban J connectivity index is 1.45. The standard InChI is InChI=1S/C19H17N3O2S/c1-12(14-7-8-16-17(9-14)24-19(23)22-16)20-10-15-11-25-18(21-15)13-5-3-2-4-6-13/h2-9,11-12,20H,10H2,1H3,(H,22,23). The smallest absolute Gasteiger partial charge is 0.408 e. The van der Waals surface area contributed by atoms with Crippen molar-refractivity contribution in [2.75, 3.05) is 0 Å². The van der Waals surface area contributed by atoms with Crippen LogP contribution in [0.15, 0.2) is 63.1 Å². The number of hydrogen-bond donors (Lipinski definition) is 2. The van der Waals surface area contributed by atoms with Crippen LogP contribution in [0, 0.1) is 0 Å². The summed E-state index contributed by atoms with van der Waals surface area (Å²) < 4.78 is 5.12. The quantitative estimate of drug-likeness (QED) is 0.568. The predicted octanol–water partition coefficient (Wildman–Crippen LogP) is 4.10. The molecule has 6 heteroatoms. The lowest BCUT2D eigenvalue weighted by Gasteiger charge is -2.13. The van der Waals surface area contributed by atoms with Gasteiger partial charge in [-0.1, -0.05) is 36.4 Å². The third-order valence-corrected chi connectivity index (χ3v) is 5.05. The van der Waals surface area contributed by atoms with E-state index < -0.39 is 5.76 Å². The largest absolute Gasteiger partial charge is 0.417 e. The van der Waals surface area contributed by atoms with Gasteiger partial charge in [-0.05, 0) is 24.6 Å². The maximum absolute atomic E-state index is 11.3. The third kappa shape index (κ3) is 3.40. The Morgan fingerprint density at radius 2 is 2.08 bits per heavy atom. The van der Waals surface area contributed by atoms with Crippen LogP contribution in [0.25, 0.3) is 21.7 Å². The van der Waals surface area contributed by atoms with Crippen molar-refractivity contribution in [3.63, 3.8) is 0 Å². The van der Waals surface area contributed by atoms with Crippen LogP contribution in [0.2, 0.25) is 0 Å². The summed E-state index contributed by atoms with van der Waals surface area (Å²) >= 11 is 1.65. The Labute approximate surface area is 148 Å². The number of aromatic nitrogens is 2. The molecule has 0 bridgehead atoms. The zero-order valence-corrected chi connectivity index (χ0v) is 14.5. The van der Waals surface area contributed by atoms with Gasteiger partial charge in [-0.3, -0.25) is 4.98 Å². The Morgan fingerprint density at radius 1 is 1.24 bits per heavy atom. The summed E-state index contributed by atoms with van der Waals surface area (Å²) in [5.41, 5.74) is 4.52. The van der Waals surface area contributed by atoms with Gasteiger partial charge in [0.1, 0.15) is 5.01 Å². The second-order valence-corrected chi connectivity index (χ2v) is 6.74. The van der Waals surface area contributed by atoms with E-state index in [1.165, 1.54) is 0 Å². The molecular formula is C19H17N3O2S. The molecule has 25 heavy (non-hydrogen) atoms. The van der Waals surface area contributed by atoms with Gasteiger partial charge in [-0.15, -0.1) is 11.3 Å². The molecule has 126 valence electrons. The SMILES string of the molecule is CC(NCc1csc(-c2ccccc2)n1)c1ccc2[nH]c(=O)oc2c1. The van der Waals surface area contributed by atoms with Crippen LogP contribution < -0.4 is 11.1 Å². The second-order valence-electron chi connectivity index (χ2n) is 5.88. The van der Waals surface area contributed by atoms with E-state index in [4.69, 9.17) is 9.40 Å². The van der Waals surface area contributed by atoms with Gasteiger partial charge in [0.05, 0.1) is 11.2 Å². The lowest BCUT2D eigenvalue weighted by atomic mass is 10.1. The Bertz CT molecular complexity index is 1050. The highest BCUT2D eigenvalue weighted by Crippen LogP contribution is 2.24. The van der Waals surface area contributed by atoms with Crippen LogP contribution >= 0.6 is 11.3 Å². The van der Waals surface area contributed by atoms with Crippen molar-refractivity contribution in [1.29, 1.82) is 0 Å². The first kappa shape index (κ1) is 15.8. The van der Waals surface area contributed by atoms with Crippen molar-refractivity contribution >= 4 is 22.4 Å². The Hall–Kier alpha value is -2.70. The van der Waals surface area contributed by atoms with E-state index in [0.29, 0.717) is 17.6 Å². The molecule has 4 aromatic rings. The summed E-state index contributed by atoms with van der Waals surface area (Å²) in [6.07, 6.45) is 0. The molecule has 2 heterocycles. The van der Waals surface area contributed by atoms with E-state index in [0.717, 1.165) is 21.8 Å². The number of nitrogens with zero attached hydrogens (tertiary/aromatic N) is 1. The van der Waals surface area contributed by atoms with Crippen LogP contribution in [0.4, 0.5) is 0 Å². The molecule has 2 aromatic heterocycles. The van der Waals surface area contributed by atoms with Gasteiger partial charge >= 0.3 is 5.76 Å². The predicted molar refractivity (Wildman–Crippen MR) is 99.6 cm³/mol. The van der Waals surface area contributed by atoms with Crippen LogP contribution in [0.3, 0.4) is 0 Å². The van der Waals surface area contributed by atoms with E-state index in [-0.39, 0.29) is 6.04 Å². The van der Waals surface area contributed by atoms with Gasteiger partial charge in [0.2, 0.25) is 0 Å². The molecule has 0 aliphatic heterocycles. The molecule has 0 saturated heterocycles. The van der Waals surface area contributed by atoms with Crippen LogP contribution in [-0.4, -0.2) is 9.97 Å². The number of oxazole rings is 1. The van der Waals surface area contributed by atoms with E-state index in [2.05, 4.69) is 34.7 Å². The first-order valence-electron chi connectivity index (χ1n) is 8.05. The summed E-state index contributed by atoms with van der Waals surface area (Å²) in [5, 5.41) is 6.57. The Morgan fingerprint density at radius 3 is 2.92 bits per heavy atom. The van der Waals surface area contributed by atoms with Crippen molar-refractivity contribution in [3.8, 4) is 10.6 Å². The maximum atomic E-state index is 11.3. The van der Waals surface area contributed by atoms with Crippen molar-refractivity contribution < 1.29 is 4.42 Å². The van der Waals surface area contributed by atoms with Crippen molar-refractivity contribution in [2.24, 2.45) is 0 Å². The second kappa shape index (κ2) is 6.66. The molecule has 1 atom stereocenters. The first-order valence-corrected chi connectivity index (χ1v) is 8.93. The van der Waals surface area contributed by atoms with Gasteiger partial charge in [0.25, 0.3) is 0 Å². The fourth-order valence-corrected chi connectivity index (χ4v) is 3.53. The lowest BCUT2D eigenvalue weighted by Crippen LogP contribution is -2.18. The summed E-state index contributed by atoms with van der Waals surface area (Å²) in [6, 6.07) is 16.0. The molecule has 5 nitrogen and oxygen atoms in total. The molecule has 0 fully saturated rings. The normalized spacial score (nSPS) is 12.5. The molecule has 4 rings (SSSR count). The molecule has 0 saturated carbocycles. The van der Waals surface area contributed by atoms with Crippen molar-refractivity contribution in [2.45, 2.75) is 19.5 Å². The van der Waals surface area contributed by atoms with Crippen LogP contribution in [-0.2, 0) is 6.54 Å². The number of nitrogens with one attached hydrogen (secondary N) is 2. The lowest BCUT2D eigenvalue weighted by molar-refractivity contribution is 0.549. The number of fused-ring (bicyclic) bond motifs is 1. The van der Waals surface area contributed by atoms with Gasteiger partial charge < -0.3 is 9.73 Å². The van der Waals surface area contributed by atoms with Crippen molar-refractivity contribution in [3.05, 3.63) is 75.7 Å². The molecule has 0 spiro atoms. The van der Waals surface area contributed by atoms with Gasteiger partial charge in [-0.2, -0.15) is 0 Å². The minimum atomic E-state index is -0.427. The fraction of sp³-hybridized carbons (Fsp3) is 0.158. The Kier molecular flexibility index (Phi) is 4.21. The number of benzene rings is 2. The van der Waals surface area contributed by atoms with E-state index in [9.17, 15) is 4.79 Å². The average molecular weight is 351 g/mol. The van der Waals surface area contributed by atoms with Crippen molar-refractivity contribution in [1.82, 2.24) is 15.3 Å². The summed E-state index contributed by atoms with van der Waals surface area (Å²) in [5.74, 6) is -0.427. The summed E-state index contributed by atoms with van der Waals surface area (Å²) in [4.78, 5) is 18.6. The van der Waals surface area contributed by atoms with Crippen LogP contribution in [0.5, 0.6) is 0 Å². The highest BCUT2D eigenvalue weighted by molar-refractivity contribution is 7.13. The monoisotopic (exact) mass is 351 g/mol. The molecular weight excluding hydrogens is 334 g/mol. The molecule has 0 aliphatic carbocycles. The minimum Gasteiger partial charge on any atom is -0.408 e. The van der Waals surface area contributed by atoms with E-state index >= 15 is 0 Å². The maximum Gasteiger partial charge on any atom is 0.417 e. The molecule has 2 aromatic carbocycles. The zero-order chi connectivity index (χ0) is 17.2. The van der Waals surface area contributed by atoms with Gasteiger partial charge in [0.15, 0.2) is 5.58 Å². The molecule has 0 radical (unpaired) electrons. The van der Waals surface area contributed by atoms with E-state index in [1.807, 2.05) is 36.4 Å². The first-order chi connectivity index (χ1) is 12.2. The molecule has 0 amide bonds. The zero-order valence-electron chi connectivity index (χ0n) is 13.7. The number of hydrogen-bond acceptors (Lipinski definition) is 5. The molecule has 0 aliphatic rings. The minimum absolute atomic E-state index is 0.117. The summed E-state index contributed by atoms with van der Waals surface area (Å²) in [6.45, 7) is 2.76. The fourth-order valence-electron chi connectivity index (χ4n) is 2.71. The summed E-state index contributed by atoms with van der Waals surface area (Å²) in [7, 11) is 0. The topological polar surface area (TPSA) is 70.9 Å². The number of aromatic amines is 1. The number of H-pyrrole nitrogens is 1. The van der Waals surface area contributed by atoms with Gasteiger partial charge in [-0.25, -0.2) is 9.78 Å². The molecule has 2 N–H and O–H groups in total. The number of rotatable bonds is 5. The van der Waals surface area contributed by atoms with Crippen LogP contribution in [0.1, 0.15) is 24.2 Å². The average Bonchev–Trinajstić information content (AvgIpc) is 3.25. The third-order valence-electron chi connectivity index (χ3n) is 4.11. The number of thiazole rings is 1. The van der Waals surface area contributed by atoms with Gasteiger partial charge in [0, 0.05) is 23.5 Å². The highest BCUT2D eigenvalue weighted by atomic mass is 32.1.